The van der Waals surface area contributed by atoms with E-state index >= 15 is 0 Å². The Morgan fingerprint density at radius 2 is 2.31 bits per heavy atom. The number of ether oxygens (including phenoxy) is 1. The molecular weight excluding hydrogens is 204 g/mol. The molecule has 1 aliphatic heterocycles. The van der Waals surface area contributed by atoms with Crippen LogP contribution in [-0.2, 0) is 0 Å². The molecule has 0 radical (unpaired) electrons. The number of nitrogens with two attached hydrogens (primary N) is 1. The smallest absolute Gasteiger partial charge is 0.257 e. The minimum Gasteiger partial charge on any atom is -0.475 e. The molecule has 0 unspecified atom stereocenters. The highest BCUT2D eigenvalue weighted by Crippen LogP contribution is 2.25. The zero-order valence-electron chi connectivity index (χ0n) is 9.59. The van der Waals surface area contributed by atoms with Gasteiger partial charge in [0.05, 0.1) is 6.61 Å². The average molecular weight is 222 g/mol. The molecule has 2 heterocycles. The molecule has 0 aromatic carbocycles. The van der Waals surface area contributed by atoms with Crippen molar-refractivity contribution >= 4 is 5.82 Å². The summed E-state index contributed by atoms with van der Waals surface area (Å²) in [6, 6.07) is 0.237. The summed E-state index contributed by atoms with van der Waals surface area (Å²) in [6.45, 7) is 4.51. The first-order valence-electron chi connectivity index (χ1n) is 5.75. The molecule has 0 aliphatic carbocycles. The Morgan fingerprint density at radius 1 is 1.50 bits per heavy atom. The summed E-state index contributed by atoms with van der Waals surface area (Å²) in [5, 5.41) is 0. The SMILES string of the molecule is CCCOc1nccnc1N1CC[C@H](N)C1. The highest BCUT2D eigenvalue weighted by atomic mass is 16.5. The Morgan fingerprint density at radius 3 is 3.00 bits per heavy atom. The molecule has 1 aromatic rings. The Kier molecular flexibility index (Phi) is 3.56. The van der Waals surface area contributed by atoms with Crippen LogP contribution in [0.5, 0.6) is 5.88 Å². The quantitative estimate of drug-likeness (QED) is 0.816. The van der Waals surface area contributed by atoms with Gasteiger partial charge < -0.3 is 15.4 Å². The van der Waals surface area contributed by atoms with Crippen LogP contribution < -0.4 is 15.4 Å². The highest BCUT2D eigenvalue weighted by molar-refractivity contribution is 5.48. The summed E-state index contributed by atoms with van der Waals surface area (Å²) in [6.07, 6.45) is 5.32. The van der Waals surface area contributed by atoms with Gasteiger partial charge in [-0.05, 0) is 12.8 Å². The molecule has 1 aromatic heterocycles. The van der Waals surface area contributed by atoms with Crippen LogP contribution in [0, 0.1) is 0 Å². The number of hydrogen-bond donors (Lipinski definition) is 1. The fraction of sp³-hybridized carbons (Fsp3) is 0.636. The van der Waals surface area contributed by atoms with Gasteiger partial charge in [0.15, 0.2) is 5.82 Å². The van der Waals surface area contributed by atoms with Gasteiger partial charge in [-0.3, -0.25) is 0 Å². The monoisotopic (exact) mass is 222 g/mol. The maximum Gasteiger partial charge on any atom is 0.257 e. The minimum atomic E-state index is 0.237. The van der Waals surface area contributed by atoms with Crippen molar-refractivity contribution in [3.63, 3.8) is 0 Å². The first kappa shape index (κ1) is 11.1. The van der Waals surface area contributed by atoms with Crippen LogP contribution in [0.3, 0.4) is 0 Å². The molecule has 88 valence electrons. The van der Waals surface area contributed by atoms with Crippen LogP contribution in [0.1, 0.15) is 19.8 Å². The maximum atomic E-state index is 5.88. The van der Waals surface area contributed by atoms with Crippen molar-refractivity contribution in [1.82, 2.24) is 9.97 Å². The van der Waals surface area contributed by atoms with Gasteiger partial charge in [0.2, 0.25) is 0 Å². The third-order valence-corrected chi connectivity index (χ3v) is 2.61. The van der Waals surface area contributed by atoms with Crippen molar-refractivity contribution in [2.45, 2.75) is 25.8 Å². The van der Waals surface area contributed by atoms with Crippen molar-refractivity contribution in [3.05, 3.63) is 12.4 Å². The Balaban J connectivity index is 2.12. The Labute approximate surface area is 95.6 Å². The second kappa shape index (κ2) is 5.12. The van der Waals surface area contributed by atoms with Gasteiger partial charge in [0.1, 0.15) is 0 Å². The average Bonchev–Trinajstić information content (AvgIpc) is 2.73. The van der Waals surface area contributed by atoms with E-state index in [4.69, 9.17) is 10.5 Å². The predicted molar refractivity (Wildman–Crippen MR) is 62.6 cm³/mol. The number of rotatable bonds is 4. The van der Waals surface area contributed by atoms with Crippen molar-refractivity contribution in [1.29, 1.82) is 0 Å². The van der Waals surface area contributed by atoms with Gasteiger partial charge in [-0.25, -0.2) is 9.97 Å². The Bertz CT molecular complexity index is 345. The molecule has 1 fully saturated rings. The minimum absolute atomic E-state index is 0.237. The molecule has 16 heavy (non-hydrogen) atoms. The summed E-state index contributed by atoms with van der Waals surface area (Å²) in [4.78, 5) is 10.7. The van der Waals surface area contributed by atoms with Crippen LogP contribution in [-0.4, -0.2) is 35.7 Å². The Hall–Kier alpha value is -1.36. The first-order chi connectivity index (χ1) is 7.81. The van der Waals surface area contributed by atoms with Gasteiger partial charge in [-0.15, -0.1) is 0 Å². The van der Waals surface area contributed by atoms with Gasteiger partial charge in [-0.2, -0.15) is 0 Å². The molecule has 0 bridgehead atoms. The lowest BCUT2D eigenvalue weighted by atomic mass is 10.3. The van der Waals surface area contributed by atoms with Crippen molar-refractivity contribution in [2.75, 3.05) is 24.6 Å². The molecule has 0 spiro atoms. The van der Waals surface area contributed by atoms with E-state index in [-0.39, 0.29) is 6.04 Å². The van der Waals surface area contributed by atoms with E-state index in [1.54, 1.807) is 12.4 Å². The van der Waals surface area contributed by atoms with E-state index in [2.05, 4.69) is 21.8 Å². The molecular formula is C11H18N4O. The van der Waals surface area contributed by atoms with Crippen LogP contribution >= 0.6 is 0 Å². The van der Waals surface area contributed by atoms with Crippen LogP contribution in [0.4, 0.5) is 5.82 Å². The summed E-state index contributed by atoms with van der Waals surface area (Å²) < 4.78 is 5.58. The van der Waals surface area contributed by atoms with Crippen LogP contribution in [0.2, 0.25) is 0 Å². The van der Waals surface area contributed by atoms with E-state index in [0.717, 1.165) is 31.7 Å². The van der Waals surface area contributed by atoms with E-state index in [9.17, 15) is 0 Å². The van der Waals surface area contributed by atoms with Gasteiger partial charge in [0.25, 0.3) is 5.88 Å². The molecule has 1 atom stereocenters. The first-order valence-corrected chi connectivity index (χ1v) is 5.75. The summed E-state index contributed by atoms with van der Waals surface area (Å²) in [7, 11) is 0. The zero-order chi connectivity index (χ0) is 11.4. The summed E-state index contributed by atoms with van der Waals surface area (Å²) in [5.74, 6) is 1.45. The lowest BCUT2D eigenvalue weighted by Gasteiger charge is -2.18. The fourth-order valence-electron chi connectivity index (χ4n) is 1.82. The summed E-state index contributed by atoms with van der Waals surface area (Å²) >= 11 is 0. The molecule has 2 N–H and O–H groups in total. The lowest BCUT2D eigenvalue weighted by Crippen LogP contribution is -2.27. The largest absolute Gasteiger partial charge is 0.475 e. The molecule has 1 aliphatic rings. The van der Waals surface area contributed by atoms with Gasteiger partial charge in [-0.1, -0.05) is 6.92 Å². The summed E-state index contributed by atoms with van der Waals surface area (Å²) in [5.41, 5.74) is 5.88. The second-order valence-electron chi connectivity index (χ2n) is 4.03. The van der Waals surface area contributed by atoms with Crippen molar-refractivity contribution in [3.8, 4) is 5.88 Å². The number of anilines is 1. The molecule has 0 saturated carbocycles. The van der Waals surface area contributed by atoms with Crippen molar-refractivity contribution in [2.24, 2.45) is 5.73 Å². The fourth-order valence-corrected chi connectivity index (χ4v) is 1.82. The van der Waals surface area contributed by atoms with E-state index < -0.39 is 0 Å². The molecule has 1 saturated heterocycles. The van der Waals surface area contributed by atoms with Crippen LogP contribution in [0.25, 0.3) is 0 Å². The number of nitrogens with zero attached hydrogens (tertiary/aromatic N) is 3. The van der Waals surface area contributed by atoms with E-state index in [0.29, 0.717) is 12.5 Å². The standard InChI is InChI=1S/C11H18N4O/c1-2-7-16-11-10(13-4-5-14-11)15-6-3-9(12)8-15/h4-5,9H,2-3,6-8,12H2,1H3/t9-/m0/s1. The molecule has 2 rings (SSSR count). The zero-order valence-corrected chi connectivity index (χ0v) is 9.59. The second-order valence-corrected chi connectivity index (χ2v) is 4.03. The molecule has 5 heteroatoms. The van der Waals surface area contributed by atoms with Crippen LogP contribution in [0.15, 0.2) is 12.4 Å². The normalized spacial score (nSPS) is 20.1. The van der Waals surface area contributed by atoms with Crippen molar-refractivity contribution < 1.29 is 4.74 Å². The molecule has 5 nitrogen and oxygen atoms in total. The molecule has 0 amide bonds. The maximum absolute atomic E-state index is 5.88. The third kappa shape index (κ3) is 2.41. The topological polar surface area (TPSA) is 64.3 Å². The lowest BCUT2D eigenvalue weighted by molar-refractivity contribution is 0.304. The number of aromatic nitrogens is 2. The number of hydrogen-bond acceptors (Lipinski definition) is 5. The predicted octanol–water partition coefficient (Wildman–Crippen LogP) is 0.803. The van der Waals surface area contributed by atoms with Gasteiger partial charge >= 0.3 is 0 Å². The van der Waals surface area contributed by atoms with E-state index in [1.807, 2.05) is 0 Å². The highest BCUT2D eigenvalue weighted by Gasteiger charge is 2.23. The third-order valence-electron chi connectivity index (χ3n) is 2.61. The van der Waals surface area contributed by atoms with E-state index in [1.165, 1.54) is 0 Å². The van der Waals surface area contributed by atoms with Gasteiger partial charge in [0, 0.05) is 31.5 Å².